The summed E-state index contributed by atoms with van der Waals surface area (Å²) < 4.78 is 39.1. The first-order valence-electron chi connectivity index (χ1n) is 6.19. The molecule has 0 amide bonds. The summed E-state index contributed by atoms with van der Waals surface area (Å²) in [7, 11) is 0. The predicted octanol–water partition coefficient (Wildman–Crippen LogP) is 5.13. The molecule has 18 heavy (non-hydrogen) atoms. The lowest BCUT2D eigenvalue weighted by molar-refractivity contribution is 0.00452. The van der Waals surface area contributed by atoms with E-state index in [9.17, 15) is 13.2 Å². The SMILES string of the molecule is Fc1ccc(C(CBr)CC2CCC(F)(F)C2)cc1. The highest BCUT2D eigenvalue weighted by atomic mass is 79.9. The van der Waals surface area contributed by atoms with Crippen molar-refractivity contribution in [1.82, 2.24) is 0 Å². The fourth-order valence-electron chi connectivity index (χ4n) is 2.67. The molecule has 1 saturated carbocycles. The van der Waals surface area contributed by atoms with Gasteiger partial charge in [-0.1, -0.05) is 28.1 Å². The van der Waals surface area contributed by atoms with E-state index in [1.165, 1.54) is 12.1 Å². The zero-order chi connectivity index (χ0) is 13.2. The Morgan fingerprint density at radius 1 is 1.28 bits per heavy atom. The molecule has 4 heteroatoms. The Balaban J connectivity index is 2.00. The highest BCUT2D eigenvalue weighted by Gasteiger charge is 2.39. The van der Waals surface area contributed by atoms with Crippen molar-refractivity contribution in [2.45, 2.75) is 37.5 Å². The minimum atomic E-state index is -2.48. The molecule has 0 radical (unpaired) electrons. The molecule has 1 fully saturated rings. The zero-order valence-electron chi connectivity index (χ0n) is 10.0. The van der Waals surface area contributed by atoms with Gasteiger partial charge < -0.3 is 0 Å². The molecule has 1 aliphatic carbocycles. The van der Waals surface area contributed by atoms with Crippen molar-refractivity contribution >= 4 is 15.9 Å². The monoisotopic (exact) mass is 320 g/mol. The maximum absolute atomic E-state index is 13.1. The van der Waals surface area contributed by atoms with E-state index >= 15 is 0 Å². The van der Waals surface area contributed by atoms with Crippen LogP contribution >= 0.6 is 15.9 Å². The van der Waals surface area contributed by atoms with E-state index in [1.807, 2.05) is 0 Å². The van der Waals surface area contributed by atoms with Crippen LogP contribution in [0, 0.1) is 11.7 Å². The van der Waals surface area contributed by atoms with Gasteiger partial charge in [0.15, 0.2) is 0 Å². The normalized spacial score (nSPS) is 24.1. The Hall–Kier alpha value is -0.510. The molecule has 0 nitrogen and oxygen atoms in total. The summed E-state index contributed by atoms with van der Waals surface area (Å²) in [4.78, 5) is 0. The molecule has 0 bridgehead atoms. The Labute approximate surface area is 114 Å². The third-order valence-electron chi connectivity index (χ3n) is 3.65. The quantitative estimate of drug-likeness (QED) is 0.675. The lowest BCUT2D eigenvalue weighted by Gasteiger charge is -2.19. The largest absolute Gasteiger partial charge is 0.248 e. The first kappa shape index (κ1) is 13.9. The van der Waals surface area contributed by atoms with E-state index in [4.69, 9.17) is 0 Å². The summed E-state index contributed by atoms with van der Waals surface area (Å²) in [5, 5.41) is 0.723. The summed E-state index contributed by atoms with van der Waals surface area (Å²) in [5.41, 5.74) is 1.02. The van der Waals surface area contributed by atoms with Crippen LogP contribution < -0.4 is 0 Å². The molecule has 0 heterocycles. The topological polar surface area (TPSA) is 0 Å². The van der Waals surface area contributed by atoms with Crippen LogP contribution in [0.5, 0.6) is 0 Å². The molecule has 0 spiro atoms. The van der Waals surface area contributed by atoms with E-state index in [-0.39, 0.29) is 30.5 Å². The van der Waals surface area contributed by atoms with Crippen LogP contribution in [0.2, 0.25) is 0 Å². The molecule has 2 atom stereocenters. The molecule has 100 valence electrons. The number of rotatable bonds is 4. The molecule has 1 aliphatic rings. The fourth-order valence-corrected chi connectivity index (χ4v) is 3.31. The second-order valence-electron chi connectivity index (χ2n) is 5.10. The van der Waals surface area contributed by atoms with E-state index < -0.39 is 5.92 Å². The smallest absolute Gasteiger partial charge is 0.207 e. The van der Waals surface area contributed by atoms with Gasteiger partial charge in [0, 0.05) is 18.2 Å². The van der Waals surface area contributed by atoms with Crippen LogP contribution in [0.15, 0.2) is 24.3 Å². The Morgan fingerprint density at radius 3 is 2.44 bits per heavy atom. The molecule has 1 aromatic carbocycles. The molecule has 0 saturated heterocycles. The van der Waals surface area contributed by atoms with Crippen molar-refractivity contribution in [3.05, 3.63) is 35.6 Å². The van der Waals surface area contributed by atoms with Gasteiger partial charge in [-0.25, -0.2) is 13.2 Å². The van der Waals surface area contributed by atoms with Gasteiger partial charge in [0.1, 0.15) is 5.82 Å². The highest BCUT2D eigenvalue weighted by Crippen LogP contribution is 2.43. The van der Waals surface area contributed by atoms with Crippen molar-refractivity contribution in [3.8, 4) is 0 Å². The average Bonchev–Trinajstić information content (AvgIpc) is 2.67. The maximum Gasteiger partial charge on any atom is 0.248 e. The standard InChI is InChI=1S/C14H16BrF3/c15-9-12(11-1-3-13(16)4-2-11)7-10-5-6-14(17,18)8-10/h1-4,10,12H,5-9H2. The summed E-state index contributed by atoms with van der Waals surface area (Å²) >= 11 is 3.43. The third kappa shape index (κ3) is 3.50. The van der Waals surface area contributed by atoms with Gasteiger partial charge in [0.25, 0.3) is 0 Å². The highest BCUT2D eigenvalue weighted by molar-refractivity contribution is 9.09. The number of hydrogen-bond donors (Lipinski definition) is 0. The lowest BCUT2D eigenvalue weighted by Crippen LogP contribution is -2.12. The molecular formula is C14H16BrF3. The predicted molar refractivity (Wildman–Crippen MR) is 69.8 cm³/mol. The van der Waals surface area contributed by atoms with Crippen LogP contribution in [0.1, 0.15) is 37.2 Å². The number of halogens is 4. The number of benzene rings is 1. The molecule has 0 N–H and O–H groups in total. The van der Waals surface area contributed by atoms with E-state index in [0.29, 0.717) is 6.42 Å². The molecule has 2 unspecified atom stereocenters. The van der Waals surface area contributed by atoms with Crippen molar-refractivity contribution in [3.63, 3.8) is 0 Å². The Bertz CT molecular complexity index is 389. The van der Waals surface area contributed by atoms with Crippen LogP contribution in [0.4, 0.5) is 13.2 Å². The van der Waals surface area contributed by atoms with Crippen LogP contribution in [0.3, 0.4) is 0 Å². The van der Waals surface area contributed by atoms with Crippen molar-refractivity contribution in [2.75, 3.05) is 5.33 Å². The number of hydrogen-bond acceptors (Lipinski definition) is 0. The van der Waals surface area contributed by atoms with Crippen molar-refractivity contribution < 1.29 is 13.2 Å². The van der Waals surface area contributed by atoms with E-state index in [2.05, 4.69) is 15.9 Å². The molecule has 2 rings (SSSR count). The molecule has 0 aliphatic heterocycles. The first-order chi connectivity index (χ1) is 8.50. The van der Waals surface area contributed by atoms with Gasteiger partial charge in [-0.2, -0.15) is 0 Å². The number of alkyl halides is 3. The van der Waals surface area contributed by atoms with E-state index in [0.717, 1.165) is 17.3 Å². The maximum atomic E-state index is 13.1. The fraction of sp³-hybridized carbons (Fsp3) is 0.571. The molecule has 1 aromatic rings. The second-order valence-corrected chi connectivity index (χ2v) is 5.75. The summed E-state index contributed by atoms with van der Waals surface area (Å²) in [6.45, 7) is 0. The van der Waals surface area contributed by atoms with Gasteiger partial charge in [-0.3, -0.25) is 0 Å². The Morgan fingerprint density at radius 2 is 1.94 bits per heavy atom. The van der Waals surface area contributed by atoms with E-state index in [1.54, 1.807) is 12.1 Å². The summed E-state index contributed by atoms with van der Waals surface area (Å²) in [6, 6.07) is 6.34. The minimum absolute atomic E-state index is 0.00229. The van der Waals surface area contributed by atoms with Crippen LogP contribution in [-0.2, 0) is 0 Å². The van der Waals surface area contributed by atoms with Gasteiger partial charge in [0.05, 0.1) is 0 Å². The van der Waals surface area contributed by atoms with Crippen molar-refractivity contribution in [1.29, 1.82) is 0 Å². The summed E-state index contributed by atoms with van der Waals surface area (Å²) in [5.74, 6) is -2.48. The molecule has 0 aromatic heterocycles. The second kappa shape index (κ2) is 5.64. The zero-order valence-corrected chi connectivity index (χ0v) is 11.6. The van der Waals surface area contributed by atoms with Crippen LogP contribution in [-0.4, -0.2) is 11.3 Å². The lowest BCUT2D eigenvalue weighted by atomic mass is 9.89. The van der Waals surface area contributed by atoms with Gasteiger partial charge in [-0.15, -0.1) is 0 Å². The Kier molecular flexibility index (Phi) is 4.36. The molecular weight excluding hydrogens is 305 g/mol. The van der Waals surface area contributed by atoms with Crippen LogP contribution in [0.25, 0.3) is 0 Å². The minimum Gasteiger partial charge on any atom is -0.207 e. The van der Waals surface area contributed by atoms with Gasteiger partial charge in [0.2, 0.25) is 5.92 Å². The van der Waals surface area contributed by atoms with Crippen molar-refractivity contribution in [2.24, 2.45) is 5.92 Å². The average molecular weight is 321 g/mol. The first-order valence-corrected chi connectivity index (χ1v) is 7.31. The van der Waals surface area contributed by atoms with Gasteiger partial charge in [-0.05, 0) is 42.4 Å². The summed E-state index contributed by atoms with van der Waals surface area (Å²) in [6.07, 6.45) is 1.35. The third-order valence-corrected chi connectivity index (χ3v) is 4.43. The van der Waals surface area contributed by atoms with Gasteiger partial charge >= 0.3 is 0 Å².